The van der Waals surface area contributed by atoms with Gasteiger partial charge in [-0.2, -0.15) is 0 Å². The van der Waals surface area contributed by atoms with Crippen LogP contribution in [0.1, 0.15) is 32.3 Å². The molecule has 1 amide bonds. The number of benzene rings is 1. The highest BCUT2D eigenvalue weighted by molar-refractivity contribution is 5.78. The molecule has 5 heteroatoms. The normalized spacial score (nSPS) is 15.1. The van der Waals surface area contributed by atoms with E-state index in [0.717, 1.165) is 37.2 Å². The fourth-order valence-electron chi connectivity index (χ4n) is 2.49. The molecule has 1 fully saturated rings. The van der Waals surface area contributed by atoms with Crippen LogP contribution in [-0.2, 0) is 11.3 Å². The van der Waals surface area contributed by atoms with E-state index in [4.69, 9.17) is 4.74 Å². The molecule has 0 saturated carbocycles. The molecule has 2 rings (SSSR count). The fourth-order valence-corrected chi connectivity index (χ4v) is 2.49. The second-order valence-electron chi connectivity index (χ2n) is 6.40. The van der Waals surface area contributed by atoms with E-state index in [9.17, 15) is 9.90 Å². The number of nitrogens with one attached hydrogen (secondary N) is 1. The minimum atomic E-state index is -0.748. The number of likely N-dealkylation sites (tertiary alicyclic amines) is 1. The summed E-state index contributed by atoms with van der Waals surface area (Å²) in [5.74, 6) is 0.773. The minimum Gasteiger partial charge on any atom is -0.483 e. The lowest BCUT2D eigenvalue weighted by Crippen LogP contribution is -2.34. The predicted octanol–water partition coefficient (Wildman–Crippen LogP) is 1.55. The van der Waals surface area contributed by atoms with E-state index >= 15 is 0 Å². The van der Waals surface area contributed by atoms with Gasteiger partial charge in [0.15, 0.2) is 6.61 Å². The number of rotatable bonds is 7. The van der Waals surface area contributed by atoms with Crippen molar-refractivity contribution in [3.8, 4) is 5.75 Å². The van der Waals surface area contributed by atoms with Crippen molar-refractivity contribution in [2.24, 2.45) is 0 Å². The number of carbonyl (C=O) groups is 1. The highest BCUT2D eigenvalue weighted by atomic mass is 16.5. The summed E-state index contributed by atoms with van der Waals surface area (Å²) < 4.78 is 5.70. The summed E-state index contributed by atoms with van der Waals surface area (Å²) in [4.78, 5) is 13.9. The van der Waals surface area contributed by atoms with Crippen molar-refractivity contribution in [1.29, 1.82) is 0 Å². The molecule has 2 N–H and O–H groups in total. The van der Waals surface area contributed by atoms with Crippen LogP contribution in [0.5, 0.6) is 5.75 Å². The molecule has 0 aliphatic carbocycles. The second kappa shape index (κ2) is 7.61. The number of para-hydroxylation sites is 1. The van der Waals surface area contributed by atoms with Crippen LogP contribution in [0.3, 0.4) is 0 Å². The van der Waals surface area contributed by atoms with Gasteiger partial charge < -0.3 is 20.1 Å². The quantitative estimate of drug-likeness (QED) is 0.802. The Bertz CT molecular complexity index is 491. The molecule has 22 heavy (non-hydrogen) atoms. The maximum absolute atomic E-state index is 12.0. The standard InChI is InChI=1S/C17H26N2O3/c1-17(2,21)13-18-11-14-7-3-4-8-15(14)22-12-16(20)19-9-5-6-10-19/h3-4,7-8,18,21H,5-6,9-13H2,1-2H3. The van der Waals surface area contributed by atoms with Gasteiger partial charge in [-0.25, -0.2) is 0 Å². The lowest BCUT2D eigenvalue weighted by Gasteiger charge is -2.19. The van der Waals surface area contributed by atoms with Crippen LogP contribution in [-0.4, -0.2) is 47.8 Å². The van der Waals surface area contributed by atoms with E-state index in [-0.39, 0.29) is 12.5 Å². The minimum absolute atomic E-state index is 0.0525. The van der Waals surface area contributed by atoms with Gasteiger partial charge in [-0.1, -0.05) is 18.2 Å². The molecule has 1 aliphatic rings. The van der Waals surface area contributed by atoms with Gasteiger partial charge in [-0.05, 0) is 32.8 Å². The zero-order valence-corrected chi connectivity index (χ0v) is 13.5. The molecule has 0 unspecified atom stereocenters. The highest BCUT2D eigenvalue weighted by Gasteiger charge is 2.18. The molecule has 0 spiro atoms. The van der Waals surface area contributed by atoms with Crippen LogP contribution in [0.15, 0.2) is 24.3 Å². The van der Waals surface area contributed by atoms with Crippen LogP contribution < -0.4 is 10.1 Å². The third kappa shape index (κ3) is 5.31. The molecule has 0 radical (unpaired) electrons. The Balaban J connectivity index is 1.86. The summed E-state index contributed by atoms with van der Waals surface area (Å²) in [5, 5.41) is 12.9. The fraction of sp³-hybridized carbons (Fsp3) is 0.588. The van der Waals surface area contributed by atoms with Crippen LogP contribution in [0, 0.1) is 0 Å². The van der Waals surface area contributed by atoms with E-state index < -0.39 is 5.60 Å². The molecule has 1 aromatic rings. The third-order valence-electron chi connectivity index (χ3n) is 3.66. The largest absolute Gasteiger partial charge is 0.483 e. The average molecular weight is 306 g/mol. The van der Waals surface area contributed by atoms with Gasteiger partial charge in [0, 0.05) is 31.7 Å². The summed E-state index contributed by atoms with van der Waals surface area (Å²) in [5.41, 5.74) is 0.239. The van der Waals surface area contributed by atoms with Crippen molar-refractivity contribution >= 4 is 5.91 Å². The Morgan fingerprint density at radius 2 is 2.00 bits per heavy atom. The van der Waals surface area contributed by atoms with Crippen molar-refractivity contribution in [3.05, 3.63) is 29.8 Å². The SMILES string of the molecule is CC(C)(O)CNCc1ccccc1OCC(=O)N1CCCC1. The number of amides is 1. The molecule has 1 heterocycles. The molecule has 0 atom stereocenters. The molecule has 5 nitrogen and oxygen atoms in total. The number of hydrogen-bond donors (Lipinski definition) is 2. The molecule has 1 aliphatic heterocycles. The maximum Gasteiger partial charge on any atom is 0.260 e. The van der Waals surface area contributed by atoms with Crippen molar-refractivity contribution in [2.45, 2.75) is 38.8 Å². The zero-order chi connectivity index (χ0) is 16.0. The van der Waals surface area contributed by atoms with Crippen molar-refractivity contribution < 1.29 is 14.6 Å². The first-order chi connectivity index (χ1) is 10.5. The number of aliphatic hydroxyl groups is 1. The van der Waals surface area contributed by atoms with E-state index in [1.807, 2.05) is 29.2 Å². The van der Waals surface area contributed by atoms with Crippen LogP contribution in [0.25, 0.3) is 0 Å². The molecule has 0 aromatic heterocycles. The van der Waals surface area contributed by atoms with Gasteiger partial charge >= 0.3 is 0 Å². The Morgan fingerprint density at radius 3 is 2.68 bits per heavy atom. The lowest BCUT2D eigenvalue weighted by molar-refractivity contribution is -0.132. The Hall–Kier alpha value is -1.59. The van der Waals surface area contributed by atoms with E-state index in [0.29, 0.717) is 13.1 Å². The number of nitrogens with zero attached hydrogens (tertiary/aromatic N) is 1. The lowest BCUT2D eigenvalue weighted by atomic mass is 10.1. The van der Waals surface area contributed by atoms with Crippen molar-refractivity contribution in [1.82, 2.24) is 10.2 Å². The predicted molar refractivity (Wildman–Crippen MR) is 85.8 cm³/mol. The van der Waals surface area contributed by atoms with E-state index in [1.54, 1.807) is 13.8 Å². The first kappa shape index (κ1) is 16.8. The maximum atomic E-state index is 12.0. The van der Waals surface area contributed by atoms with Gasteiger partial charge in [0.25, 0.3) is 5.91 Å². The van der Waals surface area contributed by atoms with Crippen LogP contribution in [0.2, 0.25) is 0 Å². The topological polar surface area (TPSA) is 61.8 Å². The van der Waals surface area contributed by atoms with Crippen molar-refractivity contribution in [2.75, 3.05) is 26.2 Å². The summed E-state index contributed by atoms with van der Waals surface area (Å²) in [6, 6.07) is 7.68. The highest BCUT2D eigenvalue weighted by Crippen LogP contribution is 2.18. The summed E-state index contributed by atoms with van der Waals surface area (Å²) >= 11 is 0. The van der Waals surface area contributed by atoms with Gasteiger partial charge in [-0.15, -0.1) is 0 Å². The smallest absolute Gasteiger partial charge is 0.260 e. The first-order valence-electron chi connectivity index (χ1n) is 7.87. The second-order valence-corrected chi connectivity index (χ2v) is 6.40. The van der Waals surface area contributed by atoms with Gasteiger partial charge in [0.05, 0.1) is 5.60 Å². The Kier molecular flexibility index (Phi) is 5.80. The van der Waals surface area contributed by atoms with E-state index in [2.05, 4.69) is 5.32 Å². The average Bonchev–Trinajstić information content (AvgIpc) is 2.99. The summed E-state index contributed by atoms with van der Waals surface area (Å²) in [6.45, 7) is 6.39. The Morgan fingerprint density at radius 1 is 1.32 bits per heavy atom. The third-order valence-corrected chi connectivity index (χ3v) is 3.66. The Labute approximate surface area is 132 Å². The molecular weight excluding hydrogens is 280 g/mol. The number of ether oxygens (including phenoxy) is 1. The van der Waals surface area contributed by atoms with Crippen LogP contribution in [0.4, 0.5) is 0 Å². The van der Waals surface area contributed by atoms with Crippen LogP contribution >= 0.6 is 0 Å². The summed E-state index contributed by atoms with van der Waals surface area (Å²) in [7, 11) is 0. The van der Waals surface area contributed by atoms with Crippen molar-refractivity contribution in [3.63, 3.8) is 0 Å². The zero-order valence-electron chi connectivity index (χ0n) is 13.5. The first-order valence-corrected chi connectivity index (χ1v) is 7.87. The molecular formula is C17H26N2O3. The monoisotopic (exact) mass is 306 g/mol. The number of carbonyl (C=O) groups excluding carboxylic acids is 1. The van der Waals surface area contributed by atoms with Gasteiger partial charge in [0.1, 0.15) is 5.75 Å². The number of hydrogen-bond acceptors (Lipinski definition) is 4. The van der Waals surface area contributed by atoms with E-state index in [1.165, 1.54) is 0 Å². The molecule has 1 saturated heterocycles. The molecule has 122 valence electrons. The van der Waals surface area contributed by atoms with Gasteiger partial charge in [0.2, 0.25) is 0 Å². The van der Waals surface area contributed by atoms with Gasteiger partial charge in [-0.3, -0.25) is 4.79 Å². The molecule has 0 bridgehead atoms. The summed E-state index contributed by atoms with van der Waals surface area (Å²) in [6.07, 6.45) is 2.17. The molecule has 1 aromatic carbocycles.